The zero-order chi connectivity index (χ0) is 13.7. The first-order valence-corrected chi connectivity index (χ1v) is 7.48. The Balaban J connectivity index is 1.72. The van der Waals surface area contributed by atoms with Gasteiger partial charge in [-0.2, -0.15) is 0 Å². The summed E-state index contributed by atoms with van der Waals surface area (Å²) < 4.78 is 11.5. The molecule has 0 saturated heterocycles. The van der Waals surface area contributed by atoms with Crippen molar-refractivity contribution in [3.05, 3.63) is 23.7 Å². The van der Waals surface area contributed by atoms with Crippen molar-refractivity contribution < 1.29 is 9.15 Å². The molecule has 3 heteroatoms. The number of rotatable bonds is 6. The molecule has 19 heavy (non-hydrogen) atoms. The summed E-state index contributed by atoms with van der Waals surface area (Å²) in [6, 6.07) is 2.09. The van der Waals surface area contributed by atoms with Crippen molar-refractivity contribution in [2.24, 2.45) is 5.41 Å². The van der Waals surface area contributed by atoms with E-state index in [1.807, 2.05) is 6.26 Å². The van der Waals surface area contributed by atoms with Gasteiger partial charge in [0.25, 0.3) is 0 Å². The molecule has 0 aromatic carbocycles. The second-order valence-electron chi connectivity index (χ2n) is 6.38. The summed E-state index contributed by atoms with van der Waals surface area (Å²) in [5, 5.41) is 3.29. The molecular formula is C16H27NO2. The molecule has 0 unspecified atom stereocenters. The quantitative estimate of drug-likeness (QED) is 0.847. The molecule has 0 bridgehead atoms. The highest BCUT2D eigenvalue weighted by Gasteiger charge is 2.27. The maximum absolute atomic E-state index is 5.97. The third-order valence-electron chi connectivity index (χ3n) is 4.03. The molecule has 1 aliphatic carbocycles. The first-order chi connectivity index (χ1) is 9.09. The average Bonchev–Trinajstić information content (AvgIpc) is 2.83. The van der Waals surface area contributed by atoms with Crippen molar-refractivity contribution in [1.82, 2.24) is 5.32 Å². The Labute approximate surface area is 116 Å². The predicted octanol–water partition coefficient (Wildman–Crippen LogP) is 3.87. The van der Waals surface area contributed by atoms with Gasteiger partial charge in [-0.3, -0.25) is 0 Å². The maximum Gasteiger partial charge on any atom is 0.129 e. The molecule has 1 N–H and O–H groups in total. The van der Waals surface area contributed by atoms with Crippen LogP contribution in [0.5, 0.6) is 0 Å². The summed E-state index contributed by atoms with van der Waals surface area (Å²) in [5.74, 6) is 0.942. The van der Waals surface area contributed by atoms with Crippen molar-refractivity contribution in [1.29, 1.82) is 0 Å². The predicted molar refractivity (Wildman–Crippen MR) is 76.9 cm³/mol. The van der Waals surface area contributed by atoms with Gasteiger partial charge in [-0.1, -0.05) is 20.8 Å². The molecule has 1 aromatic rings. The van der Waals surface area contributed by atoms with Gasteiger partial charge in [0.1, 0.15) is 12.4 Å². The number of furan rings is 1. The second kappa shape index (κ2) is 6.58. The van der Waals surface area contributed by atoms with E-state index in [0.29, 0.717) is 18.1 Å². The van der Waals surface area contributed by atoms with E-state index < -0.39 is 0 Å². The molecule has 0 aliphatic heterocycles. The second-order valence-corrected chi connectivity index (χ2v) is 6.38. The fourth-order valence-corrected chi connectivity index (χ4v) is 2.60. The molecule has 1 heterocycles. The number of hydrogen-bond donors (Lipinski definition) is 1. The van der Waals surface area contributed by atoms with E-state index in [2.05, 4.69) is 32.2 Å². The monoisotopic (exact) mass is 265 g/mol. The normalized spacial score (nSPS) is 19.7. The van der Waals surface area contributed by atoms with E-state index in [1.54, 1.807) is 0 Å². The van der Waals surface area contributed by atoms with E-state index >= 15 is 0 Å². The smallest absolute Gasteiger partial charge is 0.129 e. The van der Waals surface area contributed by atoms with Crippen molar-refractivity contribution in [3.63, 3.8) is 0 Å². The van der Waals surface area contributed by atoms with E-state index in [9.17, 15) is 0 Å². The molecule has 1 aromatic heterocycles. The lowest BCUT2D eigenvalue weighted by molar-refractivity contribution is -0.0120. The summed E-state index contributed by atoms with van der Waals surface area (Å²) in [7, 11) is 0. The number of hydrogen-bond acceptors (Lipinski definition) is 3. The molecule has 1 fully saturated rings. The molecule has 1 saturated carbocycles. The van der Waals surface area contributed by atoms with Crippen LogP contribution in [0, 0.1) is 5.41 Å². The molecule has 2 rings (SSSR count). The Kier molecular flexibility index (Phi) is 5.06. The lowest BCUT2D eigenvalue weighted by Gasteiger charge is -2.33. The van der Waals surface area contributed by atoms with Crippen LogP contribution in [0.3, 0.4) is 0 Å². The van der Waals surface area contributed by atoms with Crippen LogP contribution in [-0.2, 0) is 17.9 Å². The largest absolute Gasteiger partial charge is 0.467 e. The Morgan fingerprint density at radius 2 is 2.11 bits per heavy atom. The van der Waals surface area contributed by atoms with Crippen LogP contribution in [0.15, 0.2) is 16.7 Å². The highest BCUT2D eigenvalue weighted by atomic mass is 16.5. The number of ether oxygens (including phenoxy) is 1. The summed E-state index contributed by atoms with van der Waals surface area (Å²) in [4.78, 5) is 0. The van der Waals surface area contributed by atoms with E-state index in [1.165, 1.54) is 31.2 Å². The first-order valence-electron chi connectivity index (χ1n) is 7.48. The van der Waals surface area contributed by atoms with Gasteiger partial charge in [-0.05, 0) is 43.7 Å². The third-order valence-corrected chi connectivity index (χ3v) is 4.03. The SMILES string of the molecule is CCNCc1coc(COC2CCC(C)(C)CC2)c1. The van der Waals surface area contributed by atoms with Crippen molar-refractivity contribution >= 4 is 0 Å². The Hall–Kier alpha value is -0.800. The molecule has 0 atom stereocenters. The van der Waals surface area contributed by atoms with Crippen molar-refractivity contribution in [2.45, 2.75) is 65.7 Å². The molecular weight excluding hydrogens is 238 g/mol. The van der Waals surface area contributed by atoms with Crippen LogP contribution in [0.2, 0.25) is 0 Å². The minimum absolute atomic E-state index is 0.412. The molecule has 0 radical (unpaired) electrons. The Morgan fingerprint density at radius 1 is 1.37 bits per heavy atom. The standard InChI is InChI=1S/C16H27NO2/c1-4-17-10-13-9-15(18-11-13)12-19-14-5-7-16(2,3)8-6-14/h9,11,14,17H,4-8,10,12H2,1-3H3. The van der Waals surface area contributed by atoms with Gasteiger partial charge in [0.05, 0.1) is 12.4 Å². The zero-order valence-electron chi connectivity index (χ0n) is 12.5. The minimum Gasteiger partial charge on any atom is -0.467 e. The van der Waals surface area contributed by atoms with Gasteiger partial charge in [-0.15, -0.1) is 0 Å². The fourth-order valence-electron chi connectivity index (χ4n) is 2.60. The third kappa shape index (κ3) is 4.66. The highest BCUT2D eigenvalue weighted by Crippen LogP contribution is 2.36. The molecule has 0 spiro atoms. The van der Waals surface area contributed by atoms with Crippen LogP contribution in [0.1, 0.15) is 57.8 Å². The van der Waals surface area contributed by atoms with Gasteiger partial charge in [0, 0.05) is 12.1 Å². The zero-order valence-corrected chi connectivity index (χ0v) is 12.5. The van der Waals surface area contributed by atoms with E-state index in [0.717, 1.165) is 18.8 Å². The van der Waals surface area contributed by atoms with Crippen molar-refractivity contribution in [2.75, 3.05) is 6.54 Å². The molecule has 0 amide bonds. The first kappa shape index (κ1) is 14.6. The van der Waals surface area contributed by atoms with Crippen LogP contribution in [-0.4, -0.2) is 12.6 Å². The summed E-state index contributed by atoms with van der Waals surface area (Å²) in [6.45, 7) is 9.27. The topological polar surface area (TPSA) is 34.4 Å². The van der Waals surface area contributed by atoms with Crippen LogP contribution in [0.4, 0.5) is 0 Å². The van der Waals surface area contributed by atoms with Gasteiger partial charge in [0.15, 0.2) is 0 Å². The lowest BCUT2D eigenvalue weighted by atomic mass is 9.76. The summed E-state index contributed by atoms with van der Waals surface area (Å²) in [5.41, 5.74) is 1.70. The average molecular weight is 265 g/mol. The summed E-state index contributed by atoms with van der Waals surface area (Å²) in [6.07, 6.45) is 7.12. The number of nitrogens with one attached hydrogen (secondary N) is 1. The molecule has 1 aliphatic rings. The van der Waals surface area contributed by atoms with E-state index in [-0.39, 0.29) is 0 Å². The van der Waals surface area contributed by atoms with Gasteiger partial charge >= 0.3 is 0 Å². The fraction of sp³-hybridized carbons (Fsp3) is 0.750. The van der Waals surface area contributed by atoms with Crippen LogP contribution in [0.25, 0.3) is 0 Å². The van der Waals surface area contributed by atoms with E-state index in [4.69, 9.17) is 9.15 Å². The van der Waals surface area contributed by atoms with Gasteiger partial charge in [-0.25, -0.2) is 0 Å². The van der Waals surface area contributed by atoms with Crippen LogP contribution >= 0.6 is 0 Å². The Bertz CT molecular complexity index is 374. The maximum atomic E-state index is 5.97. The van der Waals surface area contributed by atoms with Crippen LogP contribution < -0.4 is 5.32 Å². The van der Waals surface area contributed by atoms with Crippen molar-refractivity contribution in [3.8, 4) is 0 Å². The highest BCUT2D eigenvalue weighted by molar-refractivity contribution is 5.12. The minimum atomic E-state index is 0.412. The van der Waals surface area contributed by atoms with Gasteiger partial charge in [0.2, 0.25) is 0 Å². The molecule has 3 nitrogen and oxygen atoms in total. The molecule has 108 valence electrons. The lowest BCUT2D eigenvalue weighted by Crippen LogP contribution is -2.26. The van der Waals surface area contributed by atoms with Gasteiger partial charge < -0.3 is 14.5 Å². The Morgan fingerprint density at radius 3 is 2.79 bits per heavy atom. The summed E-state index contributed by atoms with van der Waals surface area (Å²) >= 11 is 0.